The first-order chi connectivity index (χ1) is 33.5. The van der Waals surface area contributed by atoms with Crippen LogP contribution in [0.25, 0.3) is 0 Å². The van der Waals surface area contributed by atoms with Crippen molar-refractivity contribution in [1.82, 2.24) is 0 Å². The van der Waals surface area contributed by atoms with Crippen LogP contribution in [0.3, 0.4) is 0 Å². The summed E-state index contributed by atoms with van der Waals surface area (Å²) in [6.07, 6.45) is 0. The van der Waals surface area contributed by atoms with E-state index >= 15 is 0 Å². The average molecular weight is 943 g/mol. The molecule has 0 amide bonds. The van der Waals surface area contributed by atoms with Crippen LogP contribution in [0.15, 0.2) is 255 Å². The molecular weight excluding hydrogens is 897 g/mol. The molecule has 7 heteroatoms. The zero-order valence-electron chi connectivity index (χ0n) is 37.5. The van der Waals surface area contributed by atoms with Crippen molar-refractivity contribution in [3.63, 3.8) is 0 Å². The van der Waals surface area contributed by atoms with Crippen LogP contribution in [0.4, 0.5) is 28.9 Å². The Hall–Kier alpha value is -7.51. The van der Waals surface area contributed by atoms with Crippen molar-refractivity contribution in [2.75, 3.05) is 9.80 Å². The number of anilines is 2. The van der Waals surface area contributed by atoms with Crippen molar-refractivity contribution in [3.05, 3.63) is 335 Å². The van der Waals surface area contributed by atoms with Crippen molar-refractivity contribution in [3.8, 4) is 0 Å². The molecule has 336 valence electrons. The van der Waals surface area contributed by atoms with Crippen molar-refractivity contribution in [1.29, 1.82) is 0 Å². The molecule has 2 heterocycles. The van der Waals surface area contributed by atoms with Crippen LogP contribution < -0.4 is 9.80 Å². The van der Waals surface area contributed by atoms with Crippen LogP contribution >= 0.6 is 0 Å². The van der Waals surface area contributed by atoms with Gasteiger partial charge in [0.25, 0.3) is 0 Å². The van der Waals surface area contributed by atoms with E-state index in [0.717, 1.165) is 44.5 Å². The van der Waals surface area contributed by atoms with Crippen molar-refractivity contribution in [2.45, 2.75) is 24.2 Å². The Kier molecular flexibility index (Phi) is 16.0. The molecule has 0 bridgehead atoms. The molecule has 0 spiro atoms. The monoisotopic (exact) mass is 942 g/mol. The van der Waals surface area contributed by atoms with Gasteiger partial charge in [0, 0.05) is 23.3 Å². The molecule has 0 radical (unpaired) electrons. The maximum absolute atomic E-state index is 15.0. The van der Waals surface area contributed by atoms with Gasteiger partial charge in [-0.15, -0.1) is 36.4 Å². The van der Waals surface area contributed by atoms with E-state index in [1.807, 2.05) is 216 Å². The summed E-state index contributed by atoms with van der Waals surface area (Å²) in [6.45, 7) is 0. The number of nitrogens with zero attached hydrogens (tertiary/aromatic N) is 2. The fraction of sp³-hybridized carbons (Fsp3) is 0.0645. The van der Waals surface area contributed by atoms with Gasteiger partial charge in [-0.25, -0.2) is 41.8 Å². The van der Waals surface area contributed by atoms with E-state index in [1.165, 1.54) is 24.3 Å². The van der Waals surface area contributed by atoms with Crippen LogP contribution in [0.1, 0.15) is 68.7 Å². The Labute approximate surface area is 417 Å². The van der Waals surface area contributed by atoms with Gasteiger partial charge >= 0.3 is 21.7 Å². The minimum atomic E-state index is -0.699. The van der Waals surface area contributed by atoms with Gasteiger partial charge < -0.3 is 9.80 Å². The van der Waals surface area contributed by atoms with Gasteiger partial charge in [0.05, 0.1) is 24.2 Å². The van der Waals surface area contributed by atoms with Crippen LogP contribution in [0.2, 0.25) is 0 Å². The molecule has 10 aromatic rings. The summed E-state index contributed by atoms with van der Waals surface area (Å²) < 4.78 is 57.2. The average Bonchev–Trinajstić information content (AvgIpc) is 4.24. The number of rotatable bonds is 6. The molecular formula is C62H46F4N2Ti. The fourth-order valence-corrected chi connectivity index (χ4v) is 9.29. The van der Waals surface area contributed by atoms with Gasteiger partial charge in [-0.2, -0.15) is 36.4 Å². The fourth-order valence-electron chi connectivity index (χ4n) is 9.29. The van der Waals surface area contributed by atoms with Crippen LogP contribution in [-0.2, 0) is 21.7 Å². The zero-order valence-corrected chi connectivity index (χ0v) is 39.0. The molecule has 0 aliphatic carbocycles. The third-order valence-electron chi connectivity index (χ3n) is 12.1. The minimum Gasteiger partial charge on any atom is -0.401 e. The second kappa shape index (κ2) is 23.0. The zero-order chi connectivity index (χ0) is 46.7. The van der Waals surface area contributed by atoms with E-state index < -0.39 is 23.3 Å². The molecule has 2 aliphatic heterocycles. The summed E-state index contributed by atoms with van der Waals surface area (Å²) in [4.78, 5) is 4.08. The largest absolute Gasteiger partial charge is 4.00 e. The van der Waals surface area contributed by atoms with Gasteiger partial charge in [-0.1, -0.05) is 170 Å². The molecule has 0 aromatic heterocycles. The number of benzene rings is 8. The molecule has 0 saturated heterocycles. The molecule has 69 heavy (non-hydrogen) atoms. The minimum absolute atomic E-state index is 0. The van der Waals surface area contributed by atoms with Crippen molar-refractivity contribution >= 4 is 11.4 Å². The first-order valence-corrected chi connectivity index (χ1v) is 22.5. The first kappa shape index (κ1) is 48.0. The van der Waals surface area contributed by atoms with E-state index in [9.17, 15) is 17.6 Å². The van der Waals surface area contributed by atoms with E-state index in [-0.39, 0.29) is 45.9 Å². The van der Waals surface area contributed by atoms with E-state index in [4.69, 9.17) is 0 Å². The Morgan fingerprint density at radius 3 is 0.768 bits per heavy atom. The summed E-state index contributed by atoms with van der Waals surface area (Å²) in [5.74, 6) is -2.76. The normalized spacial score (nSPS) is 16.2. The predicted molar refractivity (Wildman–Crippen MR) is 265 cm³/mol. The number of halogens is 4. The maximum Gasteiger partial charge on any atom is 4.00 e. The van der Waals surface area contributed by atoms with Crippen LogP contribution in [0.5, 0.6) is 0 Å². The van der Waals surface area contributed by atoms with E-state index in [2.05, 4.69) is 36.4 Å². The molecule has 0 saturated carbocycles. The molecule has 10 aromatic carbocycles. The third kappa shape index (κ3) is 10.8. The molecule has 4 unspecified atom stereocenters. The molecule has 4 atom stereocenters. The molecule has 2 nitrogen and oxygen atoms in total. The SMILES string of the molecule is Fc1[c-]c(F)c(N2C(c3ccccc3)c3ccccc3C2c2ccccc2)cc1.Fc1[c-]c(F)c(N2C(c3ccccc3)c3ccccc3C2c2ccccc2)cc1.[Ti+4].c1cc[cH-]c1.c1cc[cH-]c1. The van der Waals surface area contributed by atoms with E-state index in [0.29, 0.717) is 11.4 Å². The van der Waals surface area contributed by atoms with Gasteiger partial charge in [-0.05, 0) is 55.9 Å². The second-order valence-electron chi connectivity index (χ2n) is 16.3. The summed E-state index contributed by atoms with van der Waals surface area (Å²) in [6, 6.07) is 85.8. The van der Waals surface area contributed by atoms with Crippen LogP contribution in [0, 0.1) is 35.4 Å². The first-order valence-electron chi connectivity index (χ1n) is 22.5. The number of hydrogen-bond acceptors (Lipinski definition) is 2. The van der Waals surface area contributed by atoms with Crippen molar-refractivity contribution in [2.24, 2.45) is 0 Å². The maximum atomic E-state index is 15.0. The molecule has 0 fully saturated rings. The summed E-state index contributed by atoms with van der Waals surface area (Å²) in [5.41, 5.74) is 9.39. The summed E-state index contributed by atoms with van der Waals surface area (Å²) >= 11 is 0. The predicted octanol–water partition coefficient (Wildman–Crippen LogP) is 15.7. The Bertz CT molecular complexity index is 2710. The third-order valence-corrected chi connectivity index (χ3v) is 12.1. The molecule has 2 aliphatic rings. The van der Waals surface area contributed by atoms with E-state index in [1.54, 1.807) is 0 Å². The standard InChI is InChI=1S/2C26H18F2N.2C5H5.Ti/c2*27-20-15-16-24(23(28)17-20)29-25(18-9-3-1-4-10-18)21-13-7-8-14-22(21)26(29)19-11-5-2-6-12-19;2*1-2-4-5-3-1;/h2*1-16,25-26H;2*1-5H;/q4*-1;+4. The Balaban J connectivity index is 0.000000153. The van der Waals surface area contributed by atoms with Gasteiger partial charge in [0.2, 0.25) is 0 Å². The smallest absolute Gasteiger partial charge is 0.401 e. The Morgan fingerprint density at radius 2 is 0.551 bits per heavy atom. The number of hydrogen-bond donors (Lipinski definition) is 0. The number of fused-ring (bicyclic) bond motifs is 2. The van der Waals surface area contributed by atoms with Gasteiger partial charge in [0.1, 0.15) is 0 Å². The topological polar surface area (TPSA) is 6.48 Å². The Morgan fingerprint density at radius 1 is 0.304 bits per heavy atom. The second-order valence-corrected chi connectivity index (χ2v) is 16.3. The van der Waals surface area contributed by atoms with Crippen molar-refractivity contribution < 1.29 is 39.3 Å². The summed E-state index contributed by atoms with van der Waals surface area (Å²) in [5, 5.41) is 0. The molecule has 12 rings (SSSR count). The van der Waals surface area contributed by atoms with Gasteiger partial charge in [0.15, 0.2) is 0 Å². The summed E-state index contributed by atoms with van der Waals surface area (Å²) in [7, 11) is 0. The van der Waals surface area contributed by atoms with Crippen LogP contribution in [-0.4, -0.2) is 0 Å². The molecule has 0 N–H and O–H groups in total. The van der Waals surface area contributed by atoms with Gasteiger partial charge in [-0.3, -0.25) is 0 Å². The quantitative estimate of drug-likeness (QED) is 0.0931.